The molecule has 1 aromatic rings. The summed E-state index contributed by atoms with van der Waals surface area (Å²) < 4.78 is 5.07. The maximum Gasteiger partial charge on any atom is 0.279 e. The lowest BCUT2D eigenvalue weighted by molar-refractivity contribution is -0.862. The quantitative estimate of drug-likeness (QED) is 0.763. The van der Waals surface area contributed by atoms with Gasteiger partial charge in [0.1, 0.15) is 5.75 Å². The number of anilines is 1. The Kier molecular flexibility index (Phi) is 5.77. The van der Waals surface area contributed by atoms with Crippen molar-refractivity contribution in [1.29, 1.82) is 0 Å². The number of ether oxygens (including phenoxy) is 1. The molecule has 0 bridgehead atoms. The molecule has 0 aromatic heterocycles. The monoisotopic (exact) mass is 306 g/mol. The summed E-state index contributed by atoms with van der Waals surface area (Å²) in [5, 5.41) is 2.83. The van der Waals surface area contributed by atoms with Crippen molar-refractivity contribution in [2.45, 2.75) is 12.8 Å². The molecule has 1 aliphatic heterocycles. The fraction of sp³-hybridized carbons (Fsp3) is 0.500. The van der Waals surface area contributed by atoms with Gasteiger partial charge in [-0.3, -0.25) is 9.59 Å². The van der Waals surface area contributed by atoms with Gasteiger partial charge in [0.15, 0.2) is 13.1 Å². The van der Waals surface area contributed by atoms with Crippen LogP contribution in [0.1, 0.15) is 12.8 Å². The van der Waals surface area contributed by atoms with Crippen molar-refractivity contribution in [3.63, 3.8) is 0 Å². The molecular formula is C16H24N3O3+. The third-order valence-electron chi connectivity index (χ3n) is 3.75. The Bertz CT molecular complexity index is 510. The molecule has 2 rings (SSSR count). The Labute approximate surface area is 131 Å². The molecule has 6 heteroatoms. The number of benzene rings is 1. The highest BCUT2D eigenvalue weighted by molar-refractivity contribution is 5.91. The average Bonchev–Trinajstić information content (AvgIpc) is 3.02. The van der Waals surface area contributed by atoms with E-state index in [0.29, 0.717) is 6.54 Å². The molecule has 1 heterocycles. The number of likely N-dealkylation sites (tertiary alicyclic amines) is 1. The van der Waals surface area contributed by atoms with E-state index < -0.39 is 0 Å². The Morgan fingerprint density at radius 2 is 1.82 bits per heavy atom. The lowest BCUT2D eigenvalue weighted by atomic mass is 10.3. The van der Waals surface area contributed by atoms with E-state index in [1.807, 2.05) is 11.9 Å². The van der Waals surface area contributed by atoms with Crippen LogP contribution in [0.5, 0.6) is 5.75 Å². The average molecular weight is 306 g/mol. The van der Waals surface area contributed by atoms with Crippen molar-refractivity contribution in [3.8, 4) is 5.75 Å². The van der Waals surface area contributed by atoms with Gasteiger partial charge in [-0.05, 0) is 37.1 Å². The predicted molar refractivity (Wildman–Crippen MR) is 84.1 cm³/mol. The van der Waals surface area contributed by atoms with Crippen LogP contribution in [-0.2, 0) is 9.59 Å². The molecule has 0 aliphatic carbocycles. The number of rotatable bonds is 6. The van der Waals surface area contributed by atoms with Crippen LogP contribution in [0, 0.1) is 0 Å². The summed E-state index contributed by atoms with van der Waals surface area (Å²) in [7, 11) is 3.46. The van der Waals surface area contributed by atoms with E-state index in [4.69, 9.17) is 4.74 Å². The maximum absolute atomic E-state index is 12.0. The summed E-state index contributed by atoms with van der Waals surface area (Å²) in [5.41, 5.74) is 0.726. The van der Waals surface area contributed by atoms with Gasteiger partial charge in [0.25, 0.3) is 11.8 Å². The molecule has 22 heavy (non-hydrogen) atoms. The van der Waals surface area contributed by atoms with E-state index in [9.17, 15) is 9.59 Å². The smallest absolute Gasteiger partial charge is 0.279 e. The minimum atomic E-state index is -0.100. The van der Waals surface area contributed by atoms with Crippen LogP contribution in [0.2, 0.25) is 0 Å². The van der Waals surface area contributed by atoms with Crippen LogP contribution in [0.25, 0.3) is 0 Å². The molecule has 120 valence electrons. The number of nitrogens with zero attached hydrogens (tertiary/aromatic N) is 1. The Balaban J connectivity index is 1.76. The number of carbonyl (C=O) groups excluding carboxylic acids is 2. The first-order valence-electron chi connectivity index (χ1n) is 7.61. The second kappa shape index (κ2) is 7.79. The number of hydrogen-bond acceptors (Lipinski definition) is 3. The summed E-state index contributed by atoms with van der Waals surface area (Å²) in [6.07, 6.45) is 2.17. The fourth-order valence-corrected chi connectivity index (χ4v) is 2.55. The van der Waals surface area contributed by atoms with Gasteiger partial charge in [-0.2, -0.15) is 0 Å². The first-order valence-corrected chi connectivity index (χ1v) is 7.61. The van der Waals surface area contributed by atoms with E-state index >= 15 is 0 Å². The van der Waals surface area contributed by atoms with Crippen molar-refractivity contribution in [1.82, 2.24) is 4.90 Å². The summed E-state index contributed by atoms with van der Waals surface area (Å²) in [6.45, 7) is 2.33. The summed E-state index contributed by atoms with van der Waals surface area (Å²) >= 11 is 0. The number of nitrogens with one attached hydrogen (secondary N) is 2. The number of likely N-dealkylation sites (N-methyl/N-ethyl adjacent to an activating group) is 1. The third-order valence-corrected chi connectivity index (χ3v) is 3.75. The van der Waals surface area contributed by atoms with Gasteiger partial charge in [0.2, 0.25) is 0 Å². The van der Waals surface area contributed by atoms with Crippen LogP contribution in [0.15, 0.2) is 24.3 Å². The second-order valence-electron chi connectivity index (χ2n) is 5.68. The molecule has 1 atom stereocenters. The number of carbonyl (C=O) groups is 2. The van der Waals surface area contributed by atoms with Gasteiger partial charge in [-0.15, -0.1) is 0 Å². The van der Waals surface area contributed by atoms with Gasteiger partial charge in [0.05, 0.1) is 14.2 Å². The zero-order chi connectivity index (χ0) is 15.9. The van der Waals surface area contributed by atoms with Crippen LogP contribution in [0.4, 0.5) is 5.69 Å². The molecule has 0 radical (unpaired) electrons. The molecule has 6 nitrogen and oxygen atoms in total. The standard InChI is InChI=1S/C16H23N3O3/c1-18(12-16(21)19-9-3-4-10-19)11-15(20)17-13-5-7-14(22-2)8-6-13/h5-8H,3-4,9-12H2,1-2H3,(H,17,20)/p+1. The molecule has 0 saturated carbocycles. The van der Waals surface area contributed by atoms with Crippen molar-refractivity contribution < 1.29 is 19.2 Å². The SMILES string of the molecule is COc1ccc(NC(=O)C[NH+](C)CC(=O)N2CCCC2)cc1. The summed E-state index contributed by atoms with van der Waals surface area (Å²) in [4.78, 5) is 26.8. The van der Waals surface area contributed by atoms with Gasteiger partial charge in [-0.1, -0.05) is 0 Å². The molecule has 0 spiro atoms. The van der Waals surface area contributed by atoms with Crippen molar-refractivity contribution in [2.75, 3.05) is 45.7 Å². The molecular weight excluding hydrogens is 282 g/mol. The summed E-state index contributed by atoms with van der Waals surface area (Å²) in [5.74, 6) is 0.779. The van der Waals surface area contributed by atoms with Crippen molar-refractivity contribution >= 4 is 17.5 Å². The zero-order valence-corrected chi connectivity index (χ0v) is 13.2. The minimum Gasteiger partial charge on any atom is -0.497 e. The Morgan fingerprint density at radius 3 is 2.41 bits per heavy atom. The first-order chi connectivity index (χ1) is 10.6. The highest BCUT2D eigenvalue weighted by Crippen LogP contribution is 2.14. The topological polar surface area (TPSA) is 63.1 Å². The molecule has 1 aromatic carbocycles. The van der Waals surface area contributed by atoms with Crippen molar-refractivity contribution in [3.05, 3.63) is 24.3 Å². The minimum absolute atomic E-state index is 0.100. The van der Waals surface area contributed by atoms with Gasteiger partial charge < -0.3 is 19.9 Å². The number of hydrogen-bond donors (Lipinski definition) is 2. The number of methoxy groups -OCH3 is 1. The van der Waals surface area contributed by atoms with Crippen LogP contribution >= 0.6 is 0 Å². The second-order valence-corrected chi connectivity index (χ2v) is 5.68. The van der Waals surface area contributed by atoms with E-state index in [-0.39, 0.29) is 18.4 Å². The lowest BCUT2D eigenvalue weighted by Crippen LogP contribution is -3.11. The Morgan fingerprint density at radius 1 is 1.18 bits per heavy atom. The van der Waals surface area contributed by atoms with Gasteiger partial charge in [0, 0.05) is 18.8 Å². The molecule has 1 saturated heterocycles. The predicted octanol–water partition coefficient (Wildman–Crippen LogP) is -0.229. The molecule has 1 unspecified atom stereocenters. The molecule has 2 amide bonds. The lowest BCUT2D eigenvalue weighted by Gasteiger charge is -2.18. The third kappa shape index (κ3) is 4.73. The van der Waals surface area contributed by atoms with Gasteiger partial charge in [-0.25, -0.2) is 0 Å². The Hall–Kier alpha value is -2.08. The van der Waals surface area contributed by atoms with Gasteiger partial charge >= 0.3 is 0 Å². The van der Waals surface area contributed by atoms with E-state index in [2.05, 4.69) is 5.32 Å². The number of amides is 2. The first kappa shape index (κ1) is 16.3. The number of quaternary nitrogens is 1. The molecule has 1 fully saturated rings. The fourth-order valence-electron chi connectivity index (χ4n) is 2.55. The normalized spacial score (nSPS) is 15.5. The van der Waals surface area contributed by atoms with Crippen molar-refractivity contribution in [2.24, 2.45) is 0 Å². The highest BCUT2D eigenvalue weighted by Gasteiger charge is 2.22. The molecule has 1 aliphatic rings. The molecule has 2 N–H and O–H groups in total. The maximum atomic E-state index is 12.0. The van der Waals surface area contributed by atoms with Crippen LogP contribution in [0.3, 0.4) is 0 Å². The van der Waals surface area contributed by atoms with E-state index in [0.717, 1.165) is 42.3 Å². The summed E-state index contributed by atoms with van der Waals surface area (Å²) in [6, 6.07) is 7.18. The zero-order valence-electron chi connectivity index (χ0n) is 13.2. The van der Waals surface area contributed by atoms with Crippen LogP contribution in [-0.4, -0.2) is 57.1 Å². The van der Waals surface area contributed by atoms with E-state index in [1.165, 1.54) is 0 Å². The highest BCUT2D eigenvalue weighted by atomic mass is 16.5. The van der Waals surface area contributed by atoms with Crippen LogP contribution < -0.4 is 15.0 Å². The van der Waals surface area contributed by atoms with E-state index in [1.54, 1.807) is 31.4 Å². The largest absolute Gasteiger partial charge is 0.497 e.